The summed E-state index contributed by atoms with van der Waals surface area (Å²) in [5, 5.41) is 4.07. The van der Waals surface area contributed by atoms with Crippen molar-refractivity contribution in [2.45, 2.75) is 39.0 Å². The van der Waals surface area contributed by atoms with E-state index < -0.39 is 0 Å². The smallest absolute Gasteiger partial charge is 0.311 e. The maximum absolute atomic E-state index is 12.3. The van der Waals surface area contributed by atoms with Crippen molar-refractivity contribution in [3.05, 3.63) is 53.0 Å². The molecule has 0 spiro atoms. The molecule has 0 bridgehead atoms. The molecule has 2 nitrogen and oxygen atoms in total. The standard InChI is InChI=1S/C21H21BrO2/c1-2-3-4-5-13-19(23)24-21-17-11-7-6-9-15(17)14-16-10-8-12-18(22)20(16)21/h6-12,14H,2-5,13H2,1H3. The Morgan fingerprint density at radius 2 is 1.79 bits per heavy atom. The van der Waals surface area contributed by atoms with Crippen LogP contribution in [0.15, 0.2) is 53.0 Å². The van der Waals surface area contributed by atoms with E-state index in [4.69, 9.17) is 4.74 Å². The normalized spacial score (nSPS) is 11.1. The fourth-order valence-corrected chi connectivity index (χ4v) is 3.56. The van der Waals surface area contributed by atoms with Crippen molar-refractivity contribution in [1.82, 2.24) is 0 Å². The van der Waals surface area contributed by atoms with Crippen LogP contribution >= 0.6 is 15.9 Å². The Labute approximate surface area is 150 Å². The number of hydrogen-bond acceptors (Lipinski definition) is 2. The van der Waals surface area contributed by atoms with Gasteiger partial charge >= 0.3 is 5.97 Å². The first-order valence-electron chi connectivity index (χ1n) is 8.51. The highest BCUT2D eigenvalue weighted by Gasteiger charge is 2.14. The van der Waals surface area contributed by atoms with Gasteiger partial charge in [-0.2, -0.15) is 0 Å². The van der Waals surface area contributed by atoms with E-state index in [0.717, 1.165) is 51.7 Å². The van der Waals surface area contributed by atoms with Gasteiger partial charge in [0.15, 0.2) is 0 Å². The second-order valence-electron chi connectivity index (χ2n) is 6.05. The van der Waals surface area contributed by atoms with E-state index in [-0.39, 0.29) is 5.97 Å². The lowest BCUT2D eigenvalue weighted by Gasteiger charge is -2.13. The average molecular weight is 385 g/mol. The summed E-state index contributed by atoms with van der Waals surface area (Å²) in [5.41, 5.74) is 0. The molecular formula is C21H21BrO2. The Kier molecular flexibility index (Phi) is 5.52. The van der Waals surface area contributed by atoms with Crippen molar-refractivity contribution < 1.29 is 9.53 Å². The zero-order valence-corrected chi connectivity index (χ0v) is 15.4. The Morgan fingerprint density at radius 3 is 2.62 bits per heavy atom. The monoisotopic (exact) mass is 384 g/mol. The van der Waals surface area contributed by atoms with Crippen LogP contribution in [0.25, 0.3) is 21.5 Å². The number of carbonyl (C=O) groups excluding carboxylic acids is 1. The first-order valence-corrected chi connectivity index (χ1v) is 9.30. The molecule has 3 aromatic carbocycles. The second kappa shape index (κ2) is 7.80. The molecule has 0 fully saturated rings. The summed E-state index contributed by atoms with van der Waals surface area (Å²) in [6.07, 6.45) is 4.75. The zero-order chi connectivity index (χ0) is 16.9. The lowest BCUT2D eigenvalue weighted by Crippen LogP contribution is -2.08. The minimum atomic E-state index is -0.153. The van der Waals surface area contributed by atoms with E-state index in [2.05, 4.69) is 28.9 Å². The van der Waals surface area contributed by atoms with Crippen molar-refractivity contribution >= 4 is 43.4 Å². The van der Waals surface area contributed by atoms with Gasteiger partial charge in [0, 0.05) is 21.7 Å². The molecule has 0 atom stereocenters. The van der Waals surface area contributed by atoms with Gasteiger partial charge in [0.1, 0.15) is 5.75 Å². The molecule has 0 radical (unpaired) electrons. The maximum atomic E-state index is 12.3. The van der Waals surface area contributed by atoms with Gasteiger partial charge in [0.25, 0.3) is 0 Å². The number of halogens is 1. The van der Waals surface area contributed by atoms with Crippen LogP contribution in [0.1, 0.15) is 39.0 Å². The second-order valence-corrected chi connectivity index (χ2v) is 6.90. The average Bonchev–Trinajstić information content (AvgIpc) is 2.58. The number of hydrogen-bond donors (Lipinski definition) is 0. The molecule has 3 heteroatoms. The van der Waals surface area contributed by atoms with Gasteiger partial charge in [0.2, 0.25) is 0 Å². The van der Waals surface area contributed by atoms with E-state index in [1.165, 1.54) is 0 Å². The van der Waals surface area contributed by atoms with Crippen molar-refractivity contribution in [3.63, 3.8) is 0 Å². The molecule has 3 rings (SSSR count). The molecule has 0 aromatic heterocycles. The van der Waals surface area contributed by atoms with Crippen LogP contribution in [-0.2, 0) is 4.79 Å². The summed E-state index contributed by atoms with van der Waals surface area (Å²) in [7, 11) is 0. The molecule has 0 heterocycles. The van der Waals surface area contributed by atoms with Gasteiger partial charge in [-0.1, -0.05) is 78.5 Å². The lowest BCUT2D eigenvalue weighted by molar-refractivity contribution is -0.134. The van der Waals surface area contributed by atoms with E-state index in [9.17, 15) is 4.79 Å². The Balaban J connectivity index is 1.99. The van der Waals surface area contributed by atoms with E-state index in [1.807, 2.05) is 42.5 Å². The summed E-state index contributed by atoms with van der Waals surface area (Å²) < 4.78 is 6.78. The number of esters is 1. The quantitative estimate of drug-likeness (QED) is 0.206. The molecule has 0 aliphatic carbocycles. The minimum Gasteiger partial charge on any atom is -0.425 e. The highest BCUT2D eigenvalue weighted by molar-refractivity contribution is 9.10. The molecule has 0 aliphatic heterocycles. The van der Waals surface area contributed by atoms with Crippen LogP contribution < -0.4 is 4.74 Å². The fraction of sp³-hybridized carbons (Fsp3) is 0.286. The fourth-order valence-electron chi connectivity index (χ4n) is 3.00. The highest BCUT2D eigenvalue weighted by Crippen LogP contribution is 2.39. The molecule has 24 heavy (non-hydrogen) atoms. The van der Waals surface area contributed by atoms with Gasteiger partial charge < -0.3 is 4.74 Å². The Morgan fingerprint density at radius 1 is 1.00 bits per heavy atom. The number of benzene rings is 3. The third-order valence-corrected chi connectivity index (χ3v) is 4.90. The first-order chi connectivity index (χ1) is 11.7. The third-order valence-electron chi connectivity index (χ3n) is 4.24. The summed E-state index contributed by atoms with van der Waals surface area (Å²) >= 11 is 3.61. The predicted octanol–water partition coefficient (Wildman–Crippen LogP) is 6.63. The molecular weight excluding hydrogens is 364 g/mol. The zero-order valence-electron chi connectivity index (χ0n) is 13.8. The van der Waals surface area contributed by atoms with Gasteiger partial charge in [-0.15, -0.1) is 0 Å². The van der Waals surface area contributed by atoms with Crippen molar-refractivity contribution in [2.24, 2.45) is 0 Å². The highest BCUT2D eigenvalue weighted by atomic mass is 79.9. The summed E-state index contributed by atoms with van der Waals surface area (Å²) in [4.78, 5) is 12.3. The topological polar surface area (TPSA) is 26.3 Å². The number of carbonyl (C=O) groups is 1. The van der Waals surface area contributed by atoms with Crippen LogP contribution in [0.2, 0.25) is 0 Å². The molecule has 3 aromatic rings. The van der Waals surface area contributed by atoms with Crippen molar-refractivity contribution in [2.75, 3.05) is 0 Å². The summed E-state index contributed by atoms with van der Waals surface area (Å²) in [5.74, 6) is 0.510. The van der Waals surface area contributed by atoms with Crippen LogP contribution in [0.4, 0.5) is 0 Å². The molecule has 124 valence electrons. The SMILES string of the molecule is CCCCCCC(=O)Oc1c2ccccc2cc2cccc(Br)c12. The first kappa shape index (κ1) is 17.0. The number of fused-ring (bicyclic) bond motifs is 2. The Bertz CT molecular complexity index is 870. The van der Waals surface area contributed by atoms with Crippen LogP contribution in [0.3, 0.4) is 0 Å². The van der Waals surface area contributed by atoms with Crippen LogP contribution in [0, 0.1) is 0 Å². The molecule has 0 saturated heterocycles. The maximum Gasteiger partial charge on any atom is 0.311 e. The lowest BCUT2D eigenvalue weighted by atomic mass is 10.0. The van der Waals surface area contributed by atoms with Gasteiger partial charge in [-0.3, -0.25) is 4.79 Å². The van der Waals surface area contributed by atoms with E-state index >= 15 is 0 Å². The number of ether oxygens (including phenoxy) is 1. The van der Waals surface area contributed by atoms with Crippen LogP contribution in [-0.4, -0.2) is 5.97 Å². The Hall–Kier alpha value is -1.87. The number of rotatable bonds is 6. The van der Waals surface area contributed by atoms with E-state index in [0.29, 0.717) is 12.2 Å². The van der Waals surface area contributed by atoms with E-state index in [1.54, 1.807) is 0 Å². The third kappa shape index (κ3) is 3.62. The van der Waals surface area contributed by atoms with Gasteiger partial charge in [0.05, 0.1) is 0 Å². The molecule has 0 N–H and O–H groups in total. The summed E-state index contributed by atoms with van der Waals surface area (Å²) in [6.45, 7) is 2.16. The largest absolute Gasteiger partial charge is 0.425 e. The van der Waals surface area contributed by atoms with Crippen molar-refractivity contribution in [3.8, 4) is 5.75 Å². The van der Waals surface area contributed by atoms with Gasteiger partial charge in [-0.25, -0.2) is 0 Å². The summed E-state index contributed by atoms with van der Waals surface area (Å²) in [6, 6.07) is 16.2. The minimum absolute atomic E-state index is 0.153. The predicted molar refractivity (Wildman–Crippen MR) is 104 cm³/mol. The molecule has 0 unspecified atom stereocenters. The van der Waals surface area contributed by atoms with Crippen LogP contribution in [0.5, 0.6) is 5.75 Å². The van der Waals surface area contributed by atoms with Gasteiger partial charge in [-0.05, 0) is 29.3 Å². The molecule has 0 aliphatic rings. The molecule has 0 amide bonds. The number of unbranched alkanes of at least 4 members (excludes halogenated alkanes) is 3. The van der Waals surface area contributed by atoms with Crippen molar-refractivity contribution in [1.29, 1.82) is 0 Å². The molecule has 0 saturated carbocycles.